The molecular formula is C15H11Br2ClO. The second-order valence-electron chi connectivity index (χ2n) is 4.37. The summed E-state index contributed by atoms with van der Waals surface area (Å²) < 4.78 is 1.70. The summed E-state index contributed by atoms with van der Waals surface area (Å²) in [6.45, 7) is 3.88. The lowest BCUT2D eigenvalue weighted by molar-refractivity contribution is 0.103. The molecule has 0 saturated carbocycles. The molecule has 2 aromatic carbocycles. The molecule has 0 N–H and O–H groups in total. The first-order valence-electron chi connectivity index (χ1n) is 5.66. The summed E-state index contributed by atoms with van der Waals surface area (Å²) in [4.78, 5) is 12.6. The molecule has 0 aliphatic heterocycles. The Kier molecular flexibility index (Phi) is 4.49. The van der Waals surface area contributed by atoms with E-state index < -0.39 is 0 Å². The summed E-state index contributed by atoms with van der Waals surface area (Å²) >= 11 is 12.9. The van der Waals surface area contributed by atoms with Crippen LogP contribution in [-0.4, -0.2) is 5.78 Å². The Hall–Kier alpha value is -0.640. The molecule has 0 saturated heterocycles. The average molecular weight is 403 g/mol. The summed E-state index contributed by atoms with van der Waals surface area (Å²) in [5.74, 6) is -0.0347. The Labute approximate surface area is 134 Å². The van der Waals surface area contributed by atoms with E-state index in [4.69, 9.17) is 11.6 Å². The summed E-state index contributed by atoms with van der Waals surface area (Å²) in [7, 11) is 0. The quantitative estimate of drug-likeness (QED) is 0.588. The maximum Gasteiger partial charge on any atom is 0.194 e. The Bertz CT molecular complexity index is 665. The van der Waals surface area contributed by atoms with E-state index in [2.05, 4.69) is 31.9 Å². The molecule has 0 amide bonds. The van der Waals surface area contributed by atoms with Crippen LogP contribution in [0.2, 0.25) is 5.02 Å². The van der Waals surface area contributed by atoms with Gasteiger partial charge in [-0.15, -0.1) is 0 Å². The fraction of sp³-hybridized carbons (Fsp3) is 0.133. The third-order valence-corrected chi connectivity index (χ3v) is 4.68. The monoisotopic (exact) mass is 400 g/mol. The molecule has 19 heavy (non-hydrogen) atoms. The van der Waals surface area contributed by atoms with Gasteiger partial charge in [0.15, 0.2) is 5.78 Å². The molecule has 0 heterocycles. The second kappa shape index (κ2) is 5.78. The highest BCUT2D eigenvalue weighted by Crippen LogP contribution is 2.28. The Morgan fingerprint density at radius 3 is 2.32 bits per heavy atom. The van der Waals surface area contributed by atoms with Crippen molar-refractivity contribution in [1.82, 2.24) is 0 Å². The molecule has 0 aliphatic carbocycles. The molecule has 1 nitrogen and oxygen atoms in total. The third kappa shape index (κ3) is 3.10. The number of rotatable bonds is 2. The normalized spacial score (nSPS) is 10.6. The van der Waals surface area contributed by atoms with Gasteiger partial charge in [-0.2, -0.15) is 0 Å². The molecular weight excluding hydrogens is 391 g/mol. The van der Waals surface area contributed by atoms with Crippen LogP contribution < -0.4 is 0 Å². The second-order valence-corrected chi connectivity index (χ2v) is 6.51. The van der Waals surface area contributed by atoms with Crippen molar-refractivity contribution in [3.8, 4) is 0 Å². The van der Waals surface area contributed by atoms with Gasteiger partial charge in [-0.3, -0.25) is 4.79 Å². The van der Waals surface area contributed by atoms with E-state index in [1.807, 2.05) is 32.0 Å². The predicted molar refractivity (Wildman–Crippen MR) is 86.2 cm³/mol. The van der Waals surface area contributed by atoms with Crippen molar-refractivity contribution in [3.05, 3.63) is 66.6 Å². The van der Waals surface area contributed by atoms with Crippen LogP contribution in [0.5, 0.6) is 0 Å². The lowest BCUT2D eigenvalue weighted by Crippen LogP contribution is -2.05. The standard InChI is InChI=1S/C15H11Br2ClO/c1-8-3-4-10(18)6-11(8)15(19)12-7-13(16)9(2)5-14(12)17/h3-7H,1-2H3. The van der Waals surface area contributed by atoms with Gasteiger partial charge in [-0.25, -0.2) is 0 Å². The van der Waals surface area contributed by atoms with Gasteiger partial charge in [0, 0.05) is 25.1 Å². The molecule has 0 aromatic heterocycles. The maximum atomic E-state index is 12.6. The number of ketones is 1. The van der Waals surface area contributed by atoms with Crippen molar-refractivity contribution in [2.45, 2.75) is 13.8 Å². The largest absolute Gasteiger partial charge is 0.289 e. The van der Waals surface area contributed by atoms with Gasteiger partial charge in [-0.1, -0.05) is 49.5 Å². The van der Waals surface area contributed by atoms with Gasteiger partial charge in [0.05, 0.1) is 0 Å². The highest BCUT2D eigenvalue weighted by Gasteiger charge is 2.16. The van der Waals surface area contributed by atoms with Crippen LogP contribution in [0.3, 0.4) is 0 Å². The zero-order valence-corrected chi connectivity index (χ0v) is 14.4. The summed E-state index contributed by atoms with van der Waals surface area (Å²) in [6, 6.07) is 9.11. The topological polar surface area (TPSA) is 17.1 Å². The van der Waals surface area contributed by atoms with E-state index in [1.54, 1.807) is 12.1 Å². The van der Waals surface area contributed by atoms with Crippen LogP contribution in [0.15, 0.2) is 39.3 Å². The third-order valence-electron chi connectivity index (χ3n) is 2.94. The molecule has 0 bridgehead atoms. The minimum absolute atomic E-state index is 0.0347. The summed E-state index contributed by atoms with van der Waals surface area (Å²) in [6.07, 6.45) is 0. The first-order chi connectivity index (χ1) is 8.90. The number of hydrogen-bond acceptors (Lipinski definition) is 1. The van der Waals surface area contributed by atoms with Gasteiger partial charge in [0.25, 0.3) is 0 Å². The smallest absolute Gasteiger partial charge is 0.194 e. The number of benzene rings is 2. The van der Waals surface area contributed by atoms with E-state index in [1.165, 1.54) is 0 Å². The van der Waals surface area contributed by atoms with Crippen LogP contribution in [0.1, 0.15) is 27.0 Å². The Balaban J connectivity index is 2.56. The Morgan fingerprint density at radius 2 is 1.63 bits per heavy atom. The SMILES string of the molecule is Cc1cc(Br)c(C(=O)c2cc(Cl)ccc2C)cc1Br. The van der Waals surface area contributed by atoms with Crippen molar-refractivity contribution in [1.29, 1.82) is 0 Å². The fourth-order valence-corrected chi connectivity index (χ4v) is 2.96. The highest BCUT2D eigenvalue weighted by atomic mass is 79.9. The zero-order chi connectivity index (χ0) is 14.2. The molecule has 0 aliphatic rings. The van der Waals surface area contributed by atoms with Gasteiger partial charge in [-0.05, 0) is 49.2 Å². The lowest BCUT2D eigenvalue weighted by Gasteiger charge is -2.09. The van der Waals surface area contributed by atoms with Crippen LogP contribution in [0.4, 0.5) is 0 Å². The predicted octanol–water partition coefficient (Wildman–Crippen LogP) is 5.71. The maximum absolute atomic E-state index is 12.6. The van der Waals surface area contributed by atoms with Gasteiger partial charge < -0.3 is 0 Å². The van der Waals surface area contributed by atoms with Crippen molar-refractivity contribution in [3.63, 3.8) is 0 Å². The number of carbonyl (C=O) groups excluding carboxylic acids is 1. The molecule has 98 valence electrons. The van der Waals surface area contributed by atoms with Crippen molar-refractivity contribution in [2.24, 2.45) is 0 Å². The summed E-state index contributed by atoms with van der Waals surface area (Å²) in [5, 5.41) is 0.566. The molecule has 0 spiro atoms. The first-order valence-corrected chi connectivity index (χ1v) is 7.63. The molecule has 2 aromatic rings. The number of hydrogen-bond donors (Lipinski definition) is 0. The van der Waals surface area contributed by atoms with E-state index in [-0.39, 0.29) is 5.78 Å². The molecule has 4 heteroatoms. The minimum Gasteiger partial charge on any atom is -0.289 e. The first kappa shape index (κ1) is 14.8. The van der Waals surface area contributed by atoms with Crippen molar-refractivity contribution in [2.75, 3.05) is 0 Å². The minimum atomic E-state index is -0.0347. The van der Waals surface area contributed by atoms with Crippen molar-refractivity contribution < 1.29 is 4.79 Å². The van der Waals surface area contributed by atoms with Crippen LogP contribution in [-0.2, 0) is 0 Å². The van der Waals surface area contributed by atoms with Gasteiger partial charge >= 0.3 is 0 Å². The van der Waals surface area contributed by atoms with E-state index in [9.17, 15) is 4.79 Å². The summed E-state index contributed by atoms with van der Waals surface area (Å²) in [5.41, 5.74) is 3.25. The van der Waals surface area contributed by atoms with E-state index >= 15 is 0 Å². The van der Waals surface area contributed by atoms with Gasteiger partial charge in [0.2, 0.25) is 0 Å². The lowest BCUT2D eigenvalue weighted by atomic mass is 9.98. The van der Waals surface area contributed by atoms with Gasteiger partial charge in [0.1, 0.15) is 0 Å². The molecule has 0 radical (unpaired) electrons. The van der Waals surface area contributed by atoms with E-state index in [0.717, 1.165) is 20.1 Å². The highest BCUT2D eigenvalue weighted by molar-refractivity contribution is 9.11. The van der Waals surface area contributed by atoms with Crippen LogP contribution >= 0.6 is 43.5 Å². The van der Waals surface area contributed by atoms with Crippen molar-refractivity contribution >= 4 is 49.2 Å². The zero-order valence-electron chi connectivity index (χ0n) is 10.4. The van der Waals surface area contributed by atoms with Crippen LogP contribution in [0, 0.1) is 13.8 Å². The Morgan fingerprint density at radius 1 is 0.947 bits per heavy atom. The molecule has 0 atom stereocenters. The number of halogens is 3. The number of carbonyl (C=O) groups is 1. The average Bonchev–Trinajstić information content (AvgIpc) is 2.36. The van der Waals surface area contributed by atoms with Crippen LogP contribution in [0.25, 0.3) is 0 Å². The molecule has 2 rings (SSSR count). The molecule has 0 fully saturated rings. The number of aryl methyl sites for hydroxylation is 2. The molecule has 0 unspecified atom stereocenters. The van der Waals surface area contributed by atoms with E-state index in [0.29, 0.717) is 16.1 Å². The fourth-order valence-electron chi connectivity index (χ4n) is 1.80.